The van der Waals surface area contributed by atoms with Crippen molar-refractivity contribution in [3.05, 3.63) is 18.2 Å². The molecule has 0 amide bonds. The second-order valence-corrected chi connectivity index (χ2v) is 9.10. The summed E-state index contributed by atoms with van der Waals surface area (Å²) >= 11 is 4.48. The van der Waals surface area contributed by atoms with E-state index in [1.165, 1.54) is 10.6 Å². The summed E-state index contributed by atoms with van der Waals surface area (Å²) in [5, 5.41) is 0. The highest BCUT2D eigenvalue weighted by Crippen LogP contribution is 2.54. The monoisotopic (exact) mass is 300 g/mol. The summed E-state index contributed by atoms with van der Waals surface area (Å²) in [6.07, 6.45) is 4.38. The molecular formula is C14H24N2OS2. The molecule has 5 heteroatoms. The van der Waals surface area contributed by atoms with E-state index < -0.39 is 10.3 Å². The molecule has 0 saturated carbocycles. The lowest BCUT2D eigenvalue weighted by Gasteiger charge is -2.39. The van der Waals surface area contributed by atoms with E-state index in [0.717, 1.165) is 31.1 Å². The Labute approximate surface area is 123 Å². The van der Waals surface area contributed by atoms with Crippen LogP contribution in [0.5, 0.6) is 0 Å². The third-order valence-electron chi connectivity index (χ3n) is 3.73. The van der Waals surface area contributed by atoms with Crippen LogP contribution in [0.3, 0.4) is 0 Å². The molecule has 1 aliphatic heterocycles. The quantitative estimate of drug-likeness (QED) is 0.864. The number of hydrogen-bond acceptors (Lipinski definition) is 4. The summed E-state index contributed by atoms with van der Waals surface area (Å²) in [5.74, 6) is 0. The number of likely N-dealkylation sites (N-methyl/N-ethyl adjacent to an activating group) is 1. The lowest BCUT2D eigenvalue weighted by molar-refractivity contribution is 0.312. The molecule has 19 heavy (non-hydrogen) atoms. The molecule has 1 aliphatic rings. The Bertz CT molecular complexity index is 443. The summed E-state index contributed by atoms with van der Waals surface area (Å²) in [6, 6.07) is 6.43. The molecule has 3 nitrogen and oxygen atoms in total. The largest absolute Gasteiger partial charge is 0.368 e. The van der Waals surface area contributed by atoms with Gasteiger partial charge >= 0.3 is 0 Å². The minimum atomic E-state index is -1.22. The zero-order valence-corrected chi connectivity index (χ0v) is 13.9. The third-order valence-corrected chi connectivity index (χ3v) is 6.23. The van der Waals surface area contributed by atoms with Crippen molar-refractivity contribution >= 4 is 28.6 Å². The van der Waals surface area contributed by atoms with Crippen molar-refractivity contribution in [1.82, 2.24) is 4.90 Å². The molecule has 0 spiro atoms. The van der Waals surface area contributed by atoms with Crippen LogP contribution in [0.15, 0.2) is 28.0 Å². The van der Waals surface area contributed by atoms with E-state index >= 15 is 0 Å². The lowest BCUT2D eigenvalue weighted by atomic mass is 10.2. The predicted molar refractivity (Wildman–Crippen MR) is 88.1 cm³/mol. The molecule has 1 aromatic carbocycles. The van der Waals surface area contributed by atoms with Crippen LogP contribution in [0.1, 0.15) is 0 Å². The van der Waals surface area contributed by atoms with E-state index in [9.17, 15) is 0 Å². The number of piperazine rings is 1. The fourth-order valence-corrected chi connectivity index (χ4v) is 3.88. The van der Waals surface area contributed by atoms with E-state index in [1.807, 2.05) is 0 Å². The first-order valence-electron chi connectivity index (χ1n) is 6.49. The third kappa shape index (κ3) is 3.40. The van der Waals surface area contributed by atoms with Gasteiger partial charge in [-0.3, -0.25) is 0 Å². The Morgan fingerprint density at radius 2 is 1.79 bits per heavy atom. The first kappa shape index (κ1) is 15.0. The maximum atomic E-state index is 5.74. The van der Waals surface area contributed by atoms with Gasteiger partial charge < -0.3 is 14.0 Å². The van der Waals surface area contributed by atoms with Crippen LogP contribution in [0, 0.1) is 0 Å². The predicted octanol–water partition coefficient (Wildman–Crippen LogP) is 2.71. The van der Waals surface area contributed by atoms with Crippen LogP contribution >= 0.6 is 22.9 Å². The Hall–Kier alpha value is -0.360. The molecule has 108 valence electrons. The smallest absolute Gasteiger partial charge is 0.0511 e. The van der Waals surface area contributed by atoms with Crippen LogP contribution < -0.4 is 4.90 Å². The number of benzene rings is 1. The van der Waals surface area contributed by atoms with Crippen LogP contribution in [0.2, 0.25) is 0 Å². The molecule has 0 aromatic heterocycles. The Morgan fingerprint density at radius 3 is 2.37 bits per heavy atom. The first-order valence-corrected chi connectivity index (χ1v) is 9.31. The number of rotatable bonds is 3. The SMILES string of the molecule is COS(C)(C)c1cc(S)ccc1N1CCN(C)CC1. The Morgan fingerprint density at radius 1 is 1.16 bits per heavy atom. The van der Waals surface area contributed by atoms with Crippen LogP contribution in [-0.2, 0) is 4.18 Å². The van der Waals surface area contributed by atoms with E-state index in [2.05, 4.69) is 60.2 Å². The van der Waals surface area contributed by atoms with Gasteiger partial charge in [-0.2, -0.15) is 0 Å². The zero-order valence-electron chi connectivity index (χ0n) is 12.2. The van der Waals surface area contributed by atoms with Gasteiger partial charge in [0, 0.05) is 43.1 Å². The van der Waals surface area contributed by atoms with Crippen molar-refractivity contribution in [2.45, 2.75) is 9.79 Å². The Kier molecular flexibility index (Phi) is 4.71. The molecule has 2 rings (SSSR count). The normalized spacial score (nSPS) is 18.7. The average Bonchev–Trinajstić information content (AvgIpc) is 2.40. The maximum Gasteiger partial charge on any atom is 0.0511 e. The summed E-state index contributed by atoms with van der Waals surface area (Å²) in [7, 11) is 2.76. The van der Waals surface area contributed by atoms with Gasteiger partial charge in [-0.15, -0.1) is 22.9 Å². The van der Waals surface area contributed by atoms with Gasteiger partial charge in [0.05, 0.1) is 5.69 Å². The minimum Gasteiger partial charge on any atom is -0.368 e. The van der Waals surface area contributed by atoms with E-state index in [4.69, 9.17) is 4.18 Å². The second-order valence-electron chi connectivity index (χ2n) is 5.34. The van der Waals surface area contributed by atoms with Gasteiger partial charge in [-0.05, 0) is 37.8 Å². The number of hydrogen-bond donors (Lipinski definition) is 1. The van der Waals surface area contributed by atoms with Gasteiger partial charge in [0.15, 0.2) is 0 Å². The van der Waals surface area contributed by atoms with Crippen molar-refractivity contribution in [3.8, 4) is 0 Å². The highest BCUT2D eigenvalue weighted by atomic mass is 32.3. The molecular weight excluding hydrogens is 276 g/mol. The van der Waals surface area contributed by atoms with Gasteiger partial charge in [-0.25, -0.2) is 0 Å². The van der Waals surface area contributed by atoms with Gasteiger partial charge in [0.25, 0.3) is 0 Å². The molecule has 0 aliphatic carbocycles. The van der Waals surface area contributed by atoms with E-state index in [1.54, 1.807) is 7.11 Å². The van der Waals surface area contributed by atoms with Gasteiger partial charge in [0.2, 0.25) is 0 Å². The molecule has 1 heterocycles. The summed E-state index contributed by atoms with van der Waals surface area (Å²) < 4.78 is 5.74. The maximum absolute atomic E-state index is 5.74. The number of anilines is 1. The topological polar surface area (TPSA) is 15.7 Å². The van der Waals surface area contributed by atoms with Crippen molar-refractivity contribution in [1.29, 1.82) is 0 Å². The zero-order chi connectivity index (χ0) is 14.0. The molecule has 0 N–H and O–H groups in total. The van der Waals surface area contributed by atoms with Crippen LogP contribution in [-0.4, -0.2) is 57.7 Å². The highest BCUT2D eigenvalue weighted by Gasteiger charge is 2.23. The van der Waals surface area contributed by atoms with Crippen molar-refractivity contribution < 1.29 is 4.18 Å². The molecule has 0 radical (unpaired) electrons. The number of thiol groups is 1. The Balaban J connectivity index is 2.34. The standard InChI is InChI=1S/C14H24N2OS2/c1-15-7-9-16(10-8-15)13-6-5-12(18)11-14(13)19(3,4)17-2/h5-6,11,18H,7-10H2,1-4H3. The first-order chi connectivity index (χ1) is 8.94. The van der Waals surface area contributed by atoms with Crippen molar-refractivity contribution in [3.63, 3.8) is 0 Å². The van der Waals surface area contributed by atoms with Crippen LogP contribution in [0.4, 0.5) is 5.69 Å². The van der Waals surface area contributed by atoms with Crippen molar-refractivity contribution in [2.75, 3.05) is 57.7 Å². The summed E-state index contributed by atoms with van der Waals surface area (Å²) in [6.45, 7) is 4.39. The van der Waals surface area contributed by atoms with Crippen LogP contribution in [0.25, 0.3) is 0 Å². The summed E-state index contributed by atoms with van der Waals surface area (Å²) in [5.41, 5.74) is 1.31. The molecule has 1 fully saturated rings. The number of nitrogens with zero attached hydrogens (tertiary/aromatic N) is 2. The minimum absolute atomic E-state index is 1.01. The highest BCUT2D eigenvalue weighted by molar-refractivity contribution is 8.28. The van der Waals surface area contributed by atoms with Crippen molar-refractivity contribution in [2.24, 2.45) is 0 Å². The summed E-state index contributed by atoms with van der Waals surface area (Å²) in [4.78, 5) is 7.14. The molecule has 1 saturated heterocycles. The second kappa shape index (κ2) is 5.95. The molecule has 0 bridgehead atoms. The fraction of sp³-hybridized carbons (Fsp3) is 0.571. The molecule has 1 aromatic rings. The van der Waals surface area contributed by atoms with Gasteiger partial charge in [0.1, 0.15) is 0 Å². The lowest BCUT2D eigenvalue weighted by Crippen LogP contribution is -2.44. The molecule has 0 unspecified atom stereocenters. The molecule has 0 atom stereocenters. The average molecular weight is 300 g/mol. The van der Waals surface area contributed by atoms with Gasteiger partial charge in [-0.1, -0.05) is 0 Å². The van der Waals surface area contributed by atoms with E-state index in [0.29, 0.717) is 0 Å². The fourth-order valence-electron chi connectivity index (χ4n) is 2.29. The van der Waals surface area contributed by atoms with E-state index in [-0.39, 0.29) is 0 Å².